The van der Waals surface area contributed by atoms with Gasteiger partial charge in [-0.3, -0.25) is 4.98 Å². The van der Waals surface area contributed by atoms with Gasteiger partial charge in [-0.1, -0.05) is 0 Å². The zero-order valence-corrected chi connectivity index (χ0v) is 16.4. The smallest absolute Gasteiger partial charge is 0.335 e. The number of hydrogen-bond donors (Lipinski definition) is 5. The summed E-state index contributed by atoms with van der Waals surface area (Å²) >= 11 is 0. The van der Waals surface area contributed by atoms with Crippen LogP contribution in [0.4, 0.5) is 0 Å². The number of carboxylic acids is 2. The summed E-state index contributed by atoms with van der Waals surface area (Å²) in [5.41, 5.74) is 3.01. The van der Waals surface area contributed by atoms with Gasteiger partial charge in [0, 0.05) is 24.3 Å². The maximum Gasteiger partial charge on any atom is 0.335 e. The largest absolute Gasteiger partial charge is 0.478 e. The van der Waals surface area contributed by atoms with Crippen LogP contribution in [0.1, 0.15) is 31.8 Å². The van der Waals surface area contributed by atoms with Gasteiger partial charge in [-0.25, -0.2) is 9.59 Å². The number of hydrogen-bond acceptors (Lipinski definition) is 8. The second-order valence-corrected chi connectivity index (χ2v) is 5.84. The molecule has 14 heteroatoms. The molecule has 2 aromatic rings. The first-order valence-electron chi connectivity index (χ1n) is 8.54. The van der Waals surface area contributed by atoms with Crippen molar-refractivity contribution in [2.45, 2.75) is 0 Å². The fourth-order valence-corrected chi connectivity index (χ4v) is 2.45. The minimum absolute atomic E-state index is 0.0727. The van der Waals surface area contributed by atoms with E-state index in [1.807, 2.05) is 24.3 Å². The molecule has 0 bridgehead atoms. The lowest BCUT2D eigenvalue weighted by Crippen LogP contribution is -2.07. The maximum atomic E-state index is 11.2. The van der Waals surface area contributed by atoms with Crippen LogP contribution in [0.25, 0.3) is 11.6 Å². The number of benzene rings is 1. The van der Waals surface area contributed by atoms with Gasteiger partial charge >= 0.3 is 11.9 Å². The molecule has 5 N–H and O–H groups in total. The van der Waals surface area contributed by atoms with Crippen molar-refractivity contribution in [1.29, 1.82) is 0 Å². The number of nitrogens with zero attached hydrogens (tertiary/aromatic N) is 3. The molecule has 0 aliphatic carbocycles. The lowest BCUT2D eigenvalue weighted by Gasteiger charge is -2.12. The lowest BCUT2D eigenvalue weighted by atomic mass is 10.0. The Morgan fingerprint density at radius 2 is 1.42 bits per heavy atom. The van der Waals surface area contributed by atoms with Crippen LogP contribution < -0.4 is 5.32 Å². The van der Waals surface area contributed by atoms with Crippen LogP contribution in [-0.4, -0.2) is 47.7 Å². The Hall–Kier alpha value is -5.27. The minimum atomic E-state index is -1.50. The fraction of sp³-hybridized carbons (Fsp3) is 0. The third-order valence-electron chi connectivity index (χ3n) is 3.61. The first-order valence-corrected chi connectivity index (χ1v) is 8.54. The Labute approximate surface area is 184 Å². The fourth-order valence-electron chi connectivity index (χ4n) is 2.45. The molecule has 0 spiro atoms. The summed E-state index contributed by atoms with van der Waals surface area (Å²) in [7, 11) is 0. The molecule has 1 aromatic heterocycles. The van der Waals surface area contributed by atoms with Crippen molar-refractivity contribution in [2.24, 2.45) is 0 Å². The van der Waals surface area contributed by atoms with Crippen molar-refractivity contribution < 1.29 is 40.4 Å². The molecule has 14 nitrogen and oxygen atoms in total. The molecule has 0 saturated carbocycles. The Morgan fingerprint density at radius 1 is 0.939 bits per heavy atom. The predicted octanol–water partition coefficient (Wildman–Crippen LogP) is 2.32. The second kappa shape index (κ2) is 12.4. The molecule has 0 amide bonds. The second-order valence-electron chi connectivity index (χ2n) is 5.84. The van der Waals surface area contributed by atoms with Gasteiger partial charge < -0.3 is 25.9 Å². The van der Waals surface area contributed by atoms with E-state index >= 15 is 0 Å². The number of rotatable bonds is 4. The van der Waals surface area contributed by atoms with Crippen LogP contribution in [0, 0.1) is 20.2 Å². The molecule has 0 unspecified atom stereocenters. The van der Waals surface area contributed by atoms with Gasteiger partial charge in [0.25, 0.3) is 10.2 Å². The summed E-state index contributed by atoms with van der Waals surface area (Å²) < 4.78 is 0. The van der Waals surface area contributed by atoms with E-state index in [1.54, 1.807) is 24.7 Å². The Morgan fingerprint density at radius 3 is 1.88 bits per heavy atom. The number of nitrogens with one attached hydrogen (secondary N) is 1. The van der Waals surface area contributed by atoms with E-state index in [0.717, 1.165) is 17.2 Å². The van der Waals surface area contributed by atoms with Gasteiger partial charge in [-0.2, -0.15) is 0 Å². The molecular weight excluding hydrogens is 444 g/mol. The molecular formula is C19H16N4O10. The van der Waals surface area contributed by atoms with Gasteiger partial charge in [0.05, 0.1) is 11.1 Å². The number of dihydropyridines is 1. The highest BCUT2D eigenvalue weighted by molar-refractivity contribution is 5.95. The topological polar surface area (TPSA) is 226 Å². The predicted molar refractivity (Wildman–Crippen MR) is 110 cm³/mol. The number of aromatic nitrogens is 1. The molecule has 0 saturated heterocycles. The van der Waals surface area contributed by atoms with E-state index in [9.17, 15) is 9.59 Å². The minimum Gasteiger partial charge on any atom is -0.478 e. The van der Waals surface area contributed by atoms with Crippen molar-refractivity contribution >= 4 is 23.6 Å². The number of carbonyl (C=O) groups is 2. The number of pyridine rings is 1. The molecule has 2 heterocycles. The first kappa shape index (κ1) is 25.8. The number of allylic oxidation sites excluding steroid dienone is 3. The average Bonchev–Trinajstić information content (AvgIpc) is 2.73. The Balaban J connectivity index is 0.000000591. The van der Waals surface area contributed by atoms with Crippen LogP contribution in [0.3, 0.4) is 0 Å². The van der Waals surface area contributed by atoms with E-state index < -0.39 is 22.1 Å². The first-order chi connectivity index (χ1) is 15.5. The SMILES string of the molecule is O=C(O)c1cc(C=C2C=C(c3ccncc3)C=CN2)cc(C(=O)O)c1.O=[N+]([O-])O.O=[N+]([O-])O. The van der Waals surface area contributed by atoms with Gasteiger partial charge in [-0.05, 0) is 65.3 Å². The summed E-state index contributed by atoms with van der Waals surface area (Å²) in [6, 6.07) is 7.77. The molecule has 172 valence electrons. The van der Waals surface area contributed by atoms with Crippen molar-refractivity contribution in [3.8, 4) is 0 Å². The molecule has 1 aliphatic rings. The van der Waals surface area contributed by atoms with E-state index in [2.05, 4.69) is 10.3 Å². The highest BCUT2D eigenvalue weighted by Crippen LogP contribution is 2.21. The summed E-state index contributed by atoms with van der Waals surface area (Å²) in [4.78, 5) is 43.1. The van der Waals surface area contributed by atoms with Crippen molar-refractivity contribution in [1.82, 2.24) is 10.3 Å². The number of carboxylic acid groups (broad SMARTS) is 2. The van der Waals surface area contributed by atoms with Crippen LogP contribution in [0.15, 0.2) is 66.8 Å². The zero-order valence-electron chi connectivity index (χ0n) is 16.4. The van der Waals surface area contributed by atoms with Gasteiger partial charge in [0.2, 0.25) is 0 Å². The van der Waals surface area contributed by atoms with E-state index in [4.69, 9.17) is 40.9 Å². The number of aromatic carboxylic acids is 2. The average molecular weight is 460 g/mol. The zero-order chi connectivity index (χ0) is 25.0. The Bertz CT molecular complexity index is 1070. The van der Waals surface area contributed by atoms with Crippen LogP contribution >= 0.6 is 0 Å². The normalized spacial score (nSPS) is 12.6. The summed E-state index contributed by atoms with van der Waals surface area (Å²) in [6.07, 6.45) is 10.7. The molecule has 0 radical (unpaired) electrons. The van der Waals surface area contributed by atoms with E-state index in [-0.39, 0.29) is 11.1 Å². The third-order valence-corrected chi connectivity index (χ3v) is 3.61. The Kier molecular flexibility index (Phi) is 9.71. The maximum absolute atomic E-state index is 11.2. The standard InChI is InChI=1S/C19H14N2O4.2HNO3/c22-18(23)15-7-12(8-16(10-15)19(24)25)9-17-11-14(3-6-21-17)13-1-4-20-5-2-13;2*2-1(3)4/h1-11,21H,(H,22,23)(H,24,25);2*(H,2,3,4). The summed E-state index contributed by atoms with van der Waals surface area (Å²) in [5.74, 6) is -2.35. The molecule has 0 atom stereocenters. The van der Waals surface area contributed by atoms with Crippen molar-refractivity contribution in [3.63, 3.8) is 0 Å². The monoisotopic (exact) mass is 460 g/mol. The van der Waals surface area contributed by atoms with Crippen LogP contribution in [-0.2, 0) is 0 Å². The highest BCUT2D eigenvalue weighted by atomic mass is 16.9. The molecule has 3 rings (SSSR count). The van der Waals surface area contributed by atoms with E-state index in [1.165, 1.54) is 12.1 Å². The van der Waals surface area contributed by atoms with Crippen molar-refractivity contribution in [3.05, 3.63) is 109 Å². The molecule has 1 aliphatic heterocycles. The van der Waals surface area contributed by atoms with Crippen LogP contribution in [0.5, 0.6) is 0 Å². The van der Waals surface area contributed by atoms with Crippen LogP contribution in [0.2, 0.25) is 0 Å². The summed E-state index contributed by atoms with van der Waals surface area (Å²) in [6.45, 7) is 0. The molecule has 33 heavy (non-hydrogen) atoms. The molecule has 0 fully saturated rings. The highest BCUT2D eigenvalue weighted by Gasteiger charge is 2.11. The molecule has 1 aromatic carbocycles. The third kappa shape index (κ3) is 9.85. The van der Waals surface area contributed by atoms with E-state index in [0.29, 0.717) is 11.3 Å². The van der Waals surface area contributed by atoms with Gasteiger partial charge in [0.15, 0.2) is 0 Å². The van der Waals surface area contributed by atoms with Gasteiger partial charge in [0.1, 0.15) is 0 Å². The van der Waals surface area contributed by atoms with Gasteiger partial charge in [-0.15, -0.1) is 20.2 Å². The quantitative estimate of drug-likeness (QED) is 0.327. The van der Waals surface area contributed by atoms with Crippen molar-refractivity contribution in [2.75, 3.05) is 0 Å². The lowest BCUT2D eigenvalue weighted by molar-refractivity contribution is -0.742. The summed E-state index contributed by atoms with van der Waals surface area (Å²) in [5, 5.41) is 48.6.